The zero-order valence-electron chi connectivity index (χ0n) is 23.4. The highest BCUT2D eigenvalue weighted by atomic mass is 16.5. The summed E-state index contributed by atoms with van der Waals surface area (Å²) in [6.07, 6.45) is 3.46. The van der Waals surface area contributed by atoms with Crippen molar-refractivity contribution in [1.82, 2.24) is 16.0 Å². The lowest BCUT2D eigenvalue weighted by Crippen LogP contribution is -2.60. The van der Waals surface area contributed by atoms with Gasteiger partial charge >= 0.3 is 0 Å². The van der Waals surface area contributed by atoms with Crippen molar-refractivity contribution >= 4 is 11.6 Å². The molecule has 0 bridgehead atoms. The number of ether oxygens (including phenoxy) is 2. The number of methoxy groups -OCH3 is 1. The van der Waals surface area contributed by atoms with E-state index in [1.807, 2.05) is 24.3 Å². The van der Waals surface area contributed by atoms with Crippen LogP contribution in [0.4, 0.5) is 5.69 Å². The van der Waals surface area contributed by atoms with Crippen molar-refractivity contribution in [2.45, 2.75) is 76.4 Å². The number of amides is 1. The summed E-state index contributed by atoms with van der Waals surface area (Å²) < 4.78 is 11.4. The van der Waals surface area contributed by atoms with Crippen LogP contribution in [0.1, 0.15) is 42.9 Å². The topological polar surface area (TPSA) is 104 Å². The van der Waals surface area contributed by atoms with Gasteiger partial charge < -0.3 is 35.8 Å². The molecule has 0 radical (unpaired) electrons. The number of anilines is 1. The Bertz CT molecular complexity index is 1120. The van der Waals surface area contributed by atoms with E-state index >= 15 is 0 Å². The number of para-hydroxylation sites is 1. The predicted molar refractivity (Wildman–Crippen MR) is 153 cm³/mol. The van der Waals surface area contributed by atoms with E-state index in [-0.39, 0.29) is 30.1 Å². The lowest BCUT2D eigenvalue weighted by molar-refractivity contribution is -0.123. The van der Waals surface area contributed by atoms with Crippen molar-refractivity contribution < 1.29 is 19.4 Å². The Balaban J connectivity index is 1.05. The molecule has 2 aromatic rings. The lowest BCUT2D eigenvalue weighted by Gasteiger charge is -2.40. The van der Waals surface area contributed by atoms with E-state index in [9.17, 15) is 9.90 Å². The molecule has 2 fully saturated rings. The van der Waals surface area contributed by atoms with Gasteiger partial charge in [-0.1, -0.05) is 37.3 Å². The van der Waals surface area contributed by atoms with Crippen LogP contribution in [-0.4, -0.2) is 68.2 Å². The largest absolute Gasteiger partial charge is 0.497 e. The Morgan fingerprint density at radius 2 is 2.03 bits per heavy atom. The molecule has 3 aliphatic rings. The van der Waals surface area contributed by atoms with Gasteiger partial charge in [-0.05, 0) is 66.8 Å². The number of benzene rings is 2. The molecule has 1 saturated heterocycles. The number of aryl methyl sites for hydroxylation is 1. The van der Waals surface area contributed by atoms with Crippen LogP contribution in [0.3, 0.4) is 0 Å². The summed E-state index contributed by atoms with van der Waals surface area (Å²) in [6.45, 7) is 6.48. The molecular weight excluding hydrogens is 492 g/mol. The van der Waals surface area contributed by atoms with Crippen LogP contribution < -0.4 is 26.0 Å². The van der Waals surface area contributed by atoms with E-state index in [2.05, 4.69) is 53.3 Å². The minimum atomic E-state index is -0.575. The number of carbonyl (C=O) groups is 1. The summed E-state index contributed by atoms with van der Waals surface area (Å²) in [7, 11) is 1.66. The molecule has 2 aromatic carbocycles. The third-order valence-electron chi connectivity index (χ3n) is 8.44. The molecule has 0 aromatic heterocycles. The van der Waals surface area contributed by atoms with E-state index in [4.69, 9.17) is 9.47 Å². The number of carbonyl (C=O) groups excluding carboxylic acids is 1. The molecule has 1 amide bonds. The molecule has 2 heterocycles. The molecule has 1 aliphatic carbocycles. The summed E-state index contributed by atoms with van der Waals surface area (Å²) in [4.78, 5) is 13.3. The van der Waals surface area contributed by atoms with Gasteiger partial charge in [-0.25, -0.2) is 0 Å². The molecule has 6 unspecified atom stereocenters. The van der Waals surface area contributed by atoms with Gasteiger partial charge in [-0.15, -0.1) is 0 Å². The van der Waals surface area contributed by atoms with Gasteiger partial charge in [-0.2, -0.15) is 0 Å². The highest BCUT2D eigenvalue weighted by Gasteiger charge is 2.43. The van der Waals surface area contributed by atoms with Crippen LogP contribution in [0.5, 0.6) is 5.75 Å². The van der Waals surface area contributed by atoms with Crippen LogP contribution in [0.2, 0.25) is 0 Å². The average Bonchev–Trinajstić information content (AvgIpc) is 3.68. The van der Waals surface area contributed by atoms with Gasteiger partial charge in [0.1, 0.15) is 11.8 Å². The number of hydrogen-bond acceptors (Lipinski definition) is 7. The number of hydrogen-bond donors (Lipinski definition) is 5. The molecule has 8 nitrogen and oxygen atoms in total. The first-order chi connectivity index (χ1) is 18.9. The van der Waals surface area contributed by atoms with Crippen LogP contribution in [0.15, 0.2) is 42.5 Å². The number of fused-ring (bicyclic) bond motifs is 1. The molecule has 2 aliphatic heterocycles. The highest BCUT2D eigenvalue weighted by Crippen LogP contribution is 2.37. The lowest BCUT2D eigenvalue weighted by atomic mass is 9.84. The Morgan fingerprint density at radius 1 is 1.21 bits per heavy atom. The molecule has 5 rings (SSSR count). The standard InChI is InChI=1S/C31H44N4O4/c1-19-6-4-8-23-14-27(34-28(19)23)31(37)35-30(22-10-11-22)29-20(2)12-26(17-33-29)39-18-24(36)16-32-15-21-7-5-9-25(13-21)38-3/h4-9,13,20,22,24,26-27,29-30,32-34,36H,10-12,14-18H2,1-3H3,(H,35,37). The Hall–Kier alpha value is -2.65. The maximum Gasteiger partial charge on any atom is 0.243 e. The fraction of sp³-hybridized carbons (Fsp3) is 0.581. The highest BCUT2D eigenvalue weighted by molar-refractivity contribution is 5.88. The van der Waals surface area contributed by atoms with Crippen molar-refractivity contribution in [2.24, 2.45) is 11.8 Å². The normalized spacial score (nSPS) is 25.8. The van der Waals surface area contributed by atoms with E-state index in [0.717, 1.165) is 36.4 Å². The van der Waals surface area contributed by atoms with E-state index in [1.165, 1.54) is 24.0 Å². The number of piperidine rings is 1. The first-order valence-electron chi connectivity index (χ1n) is 14.4. The predicted octanol–water partition coefficient (Wildman–Crippen LogP) is 2.77. The summed E-state index contributed by atoms with van der Waals surface area (Å²) in [5.41, 5.74) is 4.63. The molecule has 5 N–H and O–H groups in total. The minimum absolute atomic E-state index is 0.0498. The fourth-order valence-electron chi connectivity index (χ4n) is 6.12. The summed E-state index contributed by atoms with van der Waals surface area (Å²) in [5, 5.41) is 24.3. The zero-order valence-corrected chi connectivity index (χ0v) is 23.4. The summed E-state index contributed by atoms with van der Waals surface area (Å²) >= 11 is 0. The van der Waals surface area contributed by atoms with Crippen LogP contribution in [0.25, 0.3) is 0 Å². The molecule has 0 spiro atoms. The second-order valence-electron chi connectivity index (χ2n) is 11.6. The summed E-state index contributed by atoms with van der Waals surface area (Å²) in [6, 6.07) is 14.3. The minimum Gasteiger partial charge on any atom is -0.497 e. The molecule has 1 saturated carbocycles. The number of rotatable bonds is 12. The van der Waals surface area contributed by atoms with Crippen LogP contribution >= 0.6 is 0 Å². The van der Waals surface area contributed by atoms with Gasteiger partial charge in [0.2, 0.25) is 5.91 Å². The third kappa shape index (κ3) is 7.11. The van der Waals surface area contributed by atoms with Crippen LogP contribution in [0, 0.1) is 18.8 Å². The maximum absolute atomic E-state index is 13.3. The Morgan fingerprint density at radius 3 is 2.77 bits per heavy atom. The van der Waals surface area contributed by atoms with Crippen molar-refractivity contribution in [2.75, 3.05) is 32.1 Å². The zero-order chi connectivity index (χ0) is 27.4. The first kappa shape index (κ1) is 27.9. The van der Waals surface area contributed by atoms with E-state index in [0.29, 0.717) is 31.5 Å². The second-order valence-corrected chi connectivity index (χ2v) is 11.6. The van der Waals surface area contributed by atoms with Gasteiger partial charge in [0.15, 0.2) is 0 Å². The van der Waals surface area contributed by atoms with Crippen molar-refractivity contribution in [3.8, 4) is 5.75 Å². The number of nitrogens with one attached hydrogen (secondary N) is 4. The molecule has 6 atom stereocenters. The second kappa shape index (κ2) is 12.7. The quantitative estimate of drug-likeness (QED) is 0.284. The van der Waals surface area contributed by atoms with Gasteiger partial charge in [-0.3, -0.25) is 4.79 Å². The fourth-order valence-corrected chi connectivity index (χ4v) is 6.12. The molecule has 8 heteroatoms. The summed E-state index contributed by atoms with van der Waals surface area (Å²) in [5.74, 6) is 1.82. The van der Waals surface area contributed by atoms with Gasteiger partial charge in [0.05, 0.1) is 25.9 Å². The Kier molecular flexibility index (Phi) is 9.07. The van der Waals surface area contributed by atoms with Gasteiger partial charge in [0, 0.05) is 43.8 Å². The van der Waals surface area contributed by atoms with Crippen molar-refractivity contribution in [1.29, 1.82) is 0 Å². The molecule has 39 heavy (non-hydrogen) atoms. The maximum atomic E-state index is 13.3. The molecule has 212 valence electrons. The van der Waals surface area contributed by atoms with Crippen LogP contribution in [-0.2, 0) is 22.5 Å². The van der Waals surface area contributed by atoms with Crippen molar-refractivity contribution in [3.63, 3.8) is 0 Å². The van der Waals surface area contributed by atoms with E-state index in [1.54, 1.807) is 7.11 Å². The number of aliphatic hydroxyl groups is 1. The third-order valence-corrected chi connectivity index (χ3v) is 8.44. The van der Waals surface area contributed by atoms with Crippen molar-refractivity contribution in [3.05, 3.63) is 59.2 Å². The first-order valence-corrected chi connectivity index (χ1v) is 14.4. The SMILES string of the molecule is COc1cccc(CNCC(O)COC2CNC(C(NC(=O)C3Cc4cccc(C)c4N3)C3CC3)C(C)C2)c1. The Labute approximate surface area is 232 Å². The smallest absolute Gasteiger partial charge is 0.243 e. The monoisotopic (exact) mass is 536 g/mol. The van der Waals surface area contributed by atoms with E-state index < -0.39 is 6.10 Å². The van der Waals surface area contributed by atoms with Gasteiger partial charge in [0.25, 0.3) is 0 Å². The average molecular weight is 537 g/mol. The number of aliphatic hydroxyl groups excluding tert-OH is 1. The molecular formula is C31H44N4O4.